The van der Waals surface area contributed by atoms with Crippen LogP contribution in [0.4, 0.5) is 10.9 Å². The number of amides is 1. The summed E-state index contributed by atoms with van der Waals surface area (Å²) >= 11 is 1.50. The molecule has 3 aromatic heterocycles. The van der Waals surface area contributed by atoms with E-state index < -0.39 is 6.04 Å². The highest BCUT2D eigenvalue weighted by Crippen LogP contribution is 2.44. The van der Waals surface area contributed by atoms with E-state index in [0.717, 1.165) is 33.0 Å². The number of nitrogens with zero attached hydrogens (tertiary/aromatic N) is 2. The maximum Gasteiger partial charge on any atom is 0.291 e. The fraction of sp³-hybridized carbons (Fsp3) is 0.269. The van der Waals surface area contributed by atoms with E-state index in [1.807, 2.05) is 52.0 Å². The van der Waals surface area contributed by atoms with E-state index >= 15 is 0 Å². The molecule has 35 heavy (non-hydrogen) atoms. The molecule has 1 aromatic carbocycles. The maximum absolute atomic E-state index is 12.9. The number of aryl methyl sites for hydroxylation is 3. The lowest BCUT2D eigenvalue weighted by atomic mass is 9.95. The van der Waals surface area contributed by atoms with E-state index in [0.29, 0.717) is 22.4 Å². The monoisotopic (exact) mass is 492 g/mol. The van der Waals surface area contributed by atoms with Crippen LogP contribution in [-0.4, -0.2) is 30.1 Å². The summed E-state index contributed by atoms with van der Waals surface area (Å²) in [6.45, 7) is 7.92. The fourth-order valence-electron chi connectivity index (χ4n) is 3.95. The Morgan fingerprint density at radius 3 is 2.40 bits per heavy atom. The summed E-state index contributed by atoms with van der Waals surface area (Å²) < 4.78 is 16.5. The van der Waals surface area contributed by atoms with E-state index in [9.17, 15) is 4.79 Å². The van der Waals surface area contributed by atoms with Gasteiger partial charge in [0.05, 0.1) is 26.5 Å². The lowest BCUT2D eigenvalue weighted by molar-refractivity contribution is 0.0997. The molecule has 0 fully saturated rings. The Hall–Kier alpha value is -3.85. The minimum absolute atomic E-state index is 0.237. The lowest BCUT2D eigenvalue weighted by Crippen LogP contribution is -2.19. The maximum atomic E-state index is 12.9. The van der Waals surface area contributed by atoms with Crippen LogP contribution in [0.3, 0.4) is 0 Å². The number of ether oxygens (including phenoxy) is 2. The standard InChI is InChI=1S/C26H28N4O4S/c1-14-12-15(2)28-26(27-14)29-23(19-13-18(32-5)9-10-20(19)33-6)22-16(3)17(4)35-25(22)30-24(31)21-8-7-11-34-21/h7-13,23H,1-6H3,(H,30,31)(H,27,28,29)/t23-/m0/s1. The van der Waals surface area contributed by atoms with Crippen LogP contribution >= 0.6 is 11.3 Å². The molecule has 0 saturated heterocycles. The smallest absolute Gasteiger partial charge is 0.291 e. The summed E-state index contributed by atoms with van der Waals surface area (Å²) in [5.41, 5.74) is 4.45. The molecular formula is C26H28N4O4S. The third-order valence-corrected chi connectivity index (χ3v) is 6.83. The first-order valence-corrected chi connectivity index (χ1v) is 11.9. The fourth-order valence-corrected chi connectivity index (χ4v) is 5.04. The number of hydrogen-bond donors (Lipinski definition) is 2. The molecule has 0 bridgehead atoms. The summed E-state index contributed by atoms with van der Waals surface area (Å²) in [5.74, 6) is 1.74. The van der Waals surface area contributed by atoms with Gasteiger partial charge in [-0.05, 0) is 69.7 Å². The van der Waals surface area contributed by atoms with E-state index in [-0.39, 0.29) is 11.7 Å². The van der Waals surface area contributed by atoms with Crippen molar-refractivity contribution in [3.8, 4) is 11.5 Å². The van der Waals surface area contributed by atoms with E-state index in [1.54, 1.807) is 26.4 Å². The number of anilines is 2. The first-order valence-electron chi connectivity index (χ1n) is 11.1. The van der Waals surface area contributed by atoms with Gasteiger partial charge in [-0.3, -0.25) is 4.79 Å². The third-order valence-electron chi connectivity index (χ3n) is 5.70. The Morgan fingerprint density at radius 2 is 1.77 bits per heavy atom. The SMILES string of the molecule is COc1ccc(OC)c([C@H](Nc2nc(C)cc(C)n2)c2c(NC(=O)c3ccco3)sc(C)c2C)c1. The summed E-state index contributed by atoms with van der Waals surface area (Å²) in [5, 5.41) is 7.23. The summed E-state index contributed by atoms with van der Waals surface area (Å²) in [6, 6.07) is 10.4. The summed E-state index contributed by atoms with van der Waals surface area (Å²) in [4.78, 5) is 23.2. The van der Waals surface area contributed by atoms with Gasteiger partial charge in [0, 0.05) is 27.4 Å². The van der Waals surface area contributed by atoms with E-state index in [4.69, 9.17) is 13.9 Å². The zero-order chi connectivity index (χ0) is 25.1. The van der Waals surface area contributed by atoms with Crippen LogP contribution in [0.2, 0.25) is 0 Å². The van der Waals surface area contributed by atoms with Crippen molar-refractivity contribution in [3.63, 3.8) is 0 Å². The number of rotatable bonds is 8. The number of carbonyl (C=O) groups is 1. The van der Waals surface area contributed by atoms with Crippen molar-refractivity contribution in [1.82, 2.24) is 9.97 Å². The Morgan fingerprint density at radius 1 is 1.03 bits per heavy atom. The van der Waals surface area contributed by atoms with Crippen LogP contribution in [0.1, 0.15) is 49.6 Å². The molecule has 8 nitrogen and oxygen atoms in total. The number of benzene rings is 1. The zero-order valence-corrected chi connectivity index (χ0v) is 21.4. The van der Waals surface area contributed by atoms with Gasteiger partial charge >= 0.3 is 0 Å². The minimum atomic E-state index is -0.446. The van der Waals surface area contributed by atoms with E-state index in [1.165, 1.54) is 17.6 Å². The molecule has 2 N–H and O–H groups in total. The van der Waals surface area contributed by atoms with Crippen molar-refractivity contribution in [3.05, 3.63) is 81.4 Å². The Kier molecular flexibility index (Phi) is 7.07. The second-order valence-electron chi connectivity index (χ2n) is 8.12. The first-order chi connectivity index (χ1) is 16.8. The highest BCUT2D eigenvalue weighted by molar-refractivity contribution is 7.16. The highest BCUT2D eigenvalue weighted by Gasteiger charge is 2.28. The molecule has 1 atom stereocenters. The van der Waals surface area contributed by atoms with Crippen LogP contribution in [0.25, 0.3) is 0 Å². The molecule has 3 heterocycles. The molecule has 9 heteroatoms. The predicted octanol–water partition coefficient (Wildman–Crippen LogP) is 5.84. The molecule has 0 aliphatic carbocycles. The van der Waals surface area contributed by atoms with Gasteiger partial charge in [-0.25, -0.2) is 9.97 Å². The number of methoxy groups -OCH3 is 2. The number of furan rings is 1. The van der Waals surface area contributed by atoms with Crippen molar-refractivity contribution >= 4 is 28.2 Å². The average molecular weight is 493 g/mol. The Bertz CT molecular complexity index is 1330. The van der Waals surface area contributed by atoms with Gasteiger partial charge in [-0.1, -0.05) is 0 Å². The second-order valence-corrected chi connectivity index (χ2v) is 9.34. The molecule has 0 saturated carbocycles. The van der Waals surface area contributed by atoms with E-state index in [2.05, 4.69) is 20.6 Å². The van der Waals surface area contributed by atoms with Crippen molar-refractivity contribution in [2.75, 3.05) is 24.9 Å². The molecule has 0 aliphatic heterocycles. The number of nitrogens with one attached hydrogen (secondary N) is 2. The minimum Gasteiger partial charge on any atom is -0.497 e. The second kappa shape index (κ2) is 10.2. The summed E-state index contributed by atoms with van der Waals surface area (Å²) in [7, 11) is 3.25. The molecule has 0 spiro atoms. The van der Waals surface area contributed by atoms with Gasteiger partial charge in [-0.2, -0.15) is 0 Å². The molecular weight excluding hydrogens is 464 g/mol. The highest BCUT2D eigenvalue weighted by atomic mass is 32.1. The lowest BCUT2D eigenvalue weighted by Gasteiger charge is -2.24. The molecule has 1 amide bonds. The van der Waals surface area contributed by atoms with Crippen molar-refractivity contribution in [2.24, 2.45) is 0 Å². The third kappa shape index (κ3) is 5.14. The normalized spacial score (nSPS) is 11.7. The quantitative estimate of drug-likeness (QED) is 0.319. The van der Waals surface area contributed by atoms with Crippen LogP contribution in [-0.2, 0) is 0 Å². The molecule has 4 aromatic rings. The Labute approximate surface area is 208 Å². The molecule has 0 radical (unpaired) electrons. The largest absolute Gasteiger partial charge is 0.497 e. The number of carbonyl (C=O) groups excluding carboxylic acids is 1. The number of aromatic nitrogens is 2. The topological polar surface area (TPSA) is 98.5 Å². The molecule has 0 unspecified atom stereocenters. The van der Waals surface area contributed by atoms with Gasteiger partial charge in [0.1, 0.15) is 16.5 Å². The zero-order valence-electron chi connectivity index (χ0n) is 20.6. The summed E-state index contributed by atoms with van der Waals surface area (Å²) in [6.07, 6.45) is 1.48. The van der Waals surface area contributed by atoms with Crippen molar-refractivity contribution in [1.29, 1.82) is 0 Å². The average Bonchev–Trinajstić information content (AvgIpc) is 3.45. The van der Waals surface area contributed by atoms with Gasteiger partial charge in [0.15, 0.2) is 5.76 Å². The van der Waals surface area contributed by atoms with Gasteiger partial charge < -0.3 is 24.5 Å². The van der Waals surface area contributed by atoms with Gasteiger partial charge in [0.25, 0.3) is 5.91 Å². The van der Waals surface area contributed by atoms with Crippen molar-refractivity contribution < 1.29 is 18.7 Å². The molecule has 0 aliphatic rings. The van der Waals surface area contributed by atoms with Gasteiger partial charge in [-0.15, -0.1) is 11.3 Å². The van der Waals surface area contributed by atoms with Gasteiger partial charge in [0.2, 0.25) is 5.95 Å². The van der Waals surface area contributed by atoms with Crippen LogP contribution < -0.4 is 20.1 Å². The van der Waals surface area contributed by atoms with Crippen LogP contribution in [0, 0.1) is 27.7 Å². The number of hydrogen-bond acceptors (Lipinski definition) is 8. The van der Waals surface area contributed by atoms with Crippen LogP contribution in [0.5, 0.6) is 11.5 Å². The Balaban J connectivity index is 1.88. The first kappa shape index (κ1) is 24.3. The predicted molar refractivity (Wildman–Crippen MR) is 137 cm³/mol. The van der Waals surface area contributed by atoms with Crippen LogP contribution in [0.15, 0.2) is 47.1 Å². The molecule has 182 valence electrons. The molecule has 4 rings (SSSR count). The van der Waals surface area contributed by atoms with Crippen molar-refractivity contribution in [2.45, 2.75) is 33.7 Å². The number of thiophene rings is 1.